The van der Waals surface area contributed by atoms with Gasteiger partial charge >= 0.3 is 0 Å². The van der Waals surface area contributed by atoms with Gasteiger partial charge in [-0.25, -0.2) is 0 Å². The average Bonchev–Trinajstić information content (AvgIpc) is 2.83. The molecule has 0 radical (unpaired) electrons. The second kappa shape index (κ2) is 17.7. The summed E-state index contributed by atoms with van der Waals surface area (Å²) in [5, 5.41) is 1.53. The topological polar surface area (TPSA) is 0 Å². The van der Waals surface area contributed by atoms with E-state index in [2.05, 4.69) is 57.2 Å². The number of quaternary nitrogens is 1. The molecule has 1 atom stereocenters. The highest BCUT2D eigenvalue weighted by Crippen LogP contribution is 2.39. The Balaban J connectivity index is 0.00000578. The van der Waals surface area contributed by atoms with Crippen LogP contribution in [0, 0.1) is 0 Å². The van der Waals surface area contributed by atoms with E-state index in [-0.39, 0.29) is 12.4 Å². The van der Waals surface area contributed by atoms with Crippen LogP contribution in [-0.4, -0.2) is 17.6 Å². The number of halogens is 3. The van der Waals surface area contributed by atoms with Crippen molar-refractivity contribution in [2.45, 2.75) is 104 Å². The Morgan fingerprint density at radius 3 is 1.79 bits per heavy atom. The van der Waals surface area contributed by atoms with Crippen LogP contribution >= 0.6 is 23.2 Å². The molecule has 0 fully saturated rings. The molecule has 0 bridgehead atoms. The van der Waals surface area contributed by atoms with E-state index < -0.39 is 0 Å². The highest BCUT2D eigenvalue weighted by Gasteiger charge is 2.36. The summed E-state index contributed by atoms with van der Waals surface area (Å²) in [6, 6.07) is 17.4. The van der Waals surface area contributed by atoms with Crippen LogP contribution in [0.5, 0.6) is 0 Å². The van der Waals surface area contributed by atoms with Gasteiger partial charge in [0.05, 0.1) is 18.1 Å². The summed E-state index contributed by atoms with van der Waals surface area (Å²) >= 11 is 13.0. The largest absolute Gasteiger partial charge is 1.00 e. The first kappa shape index (κ1) is 31.3. The monoisotopic (exact) mass is 525 g/mol. The molecule has 4 heteroatoms. The van der Waals surface area contributed by atoms with Gasteiger partial charge in [-0.2, -0.15) is 0 Å². The van der Waals surface area contributed by atoms with Crippen LogP contribution in [0.4, 0.5) is 0 Å². The van der Waals surface area contributed by atoms with Crippen molar-refractivity contribution in [1.29, 1.82) is 0 Å². The third kappa shape index (κ3) is 10.1. The van der Waals surface area contributed by atoms with E-state index in [0.717, 1.165) is 34.2 Å². The molecule has 0 aliphatic carbocycles. The van der Waals surface area contributed by atoms with Crippen LogP contribution in [-0.2, 0) is 6.54 Å². The molecule has 2 aromatic rings. The van der Waals surface area contributed by atoms with E-state index in [1.807, 2.05) is 12.1 Å². The fourth-order valence-corrected chi connectivity index (χ4v) is 5.80. The molecule has 34 heavy (non-hydrogen) atoms. The number of nitrogens with zero attached hydrogens (tertiary/aromatic N) is 1. The maximum absolute atomic E-state index is 6.79. The summed E-state index contributed by atoms with van der Waals surface area (Å²) in [4.78, 5) is 0. The molecule has 0 spiro atoms. The highest BCUT2D eigenvalue weighted by molar-refractivity contribution is 6.35. The van der Waals surface area contributed by atoms with E-state index in [1.54, 1.807) is 0 Å². The van der Waals surface area contributed by atoms with Crippen LogP contribution < -0.4 is 12.4 Å². The van der Waals surface area contributed by atoms with Crippen molar-refractivity contribution in [2.24, 2.45) is 0 Å². The molecule has 2 rings (SSSR count). The Kier molecular flexibility index (Phi) is 16.3. The minimum atomic E-state index is 0. The summed E-state index contributed by atoms with van der Waals surface area (Å²) in [6.45, 7) is 10.2. The molecule has 0 aliphatic heterocycles. The molecule has 0 heterocycles. The predicted octanol–water partition coefficient (Wildman–Crippen LogP) is 7.41. The van der Waals surface area contributed by atoms with E-state index >= 15 is 0 Å². The Hall–Kier alpha value is -0.730. The minimum absolute atomic E-state index is 0. The van der Waals surface area contributed by atoms with E-state index in [4.69, 9.17) is 23.2 Å². The number of hydrogen-bond acceptors (Lipinski definition) is 0. The van der Waals surface area contributed by atoms with Crippen LogP contribution in [0.1, 0.15) is 109 Å². The summed E-state index contributed by atoms with van der Waals surface area (Å²) in [6.07, 6.45) is 14.8. The lowest BCUT2D eigenvalue weighted by Gasteiger charge is -2.44. The third-order valence-electron chi connectivity index (χ3n) is 7.41. The molecule has 0 aliphatic rings. The van der Waals surface area contributed by atoms with Crippen LogP contribution in [0.25, 0.3) is 0 Å². The van der Waals surface area contributed by atoms with Gasteiger partial charge < -0.3 is 16.9 Å². The lowest BCUT2D eigenvalue weighted by Crippen LogP contribution is -3.00. The Labute approximate surface area is 226 Å². The molecule has 0 amide bonds. The lowest BCUT2D eigenvalue weighted by molar-refractivity contribution is -0.967. The van der Waals surface area contributed by atoms with Crippen molar-refractivity contribution in [3.8, 4) is 0 Å². The molecule has 1 unspecified atom stereocenters. The molecular formula is C30H46Cl3N. The lowest BCUT2D eigenvalue weighted by atomic mass is 9.94. The number of unbranched alkanes of at least 4 members (excludes halogenated alkanes) is 9. The molecular weight excluding hydrogens is 481 g/mol. The van der Waals surface area contributed by atoms with Gasteiger partial charge in [-0.15, -0.1) is 0 Å². The second-order valence-electron chi connectivity index (χ2n) is 9.65. The van der Waals surface area contributed by atoms with Crippen LogP contribution in [0.3, 0.4) is 0 Å². The molecule has 2 aromatic carbocycles. The fraction of sp³-hybridized carbons (Fsp3) is 0.600. The molecule has 192 valence electrons. The first-order valence-electron chi connectivity index (χ1n) is 13.4. The Morgan fingerprint density at radius 2 is 1.26 bits per heavy atom. The summed E-state index contributed by atoms with van der Waals surface area (Å²) in [5.74, 6) is 0. The Bertz CT molecular complexity index is 774. The summed E-state index contributed by atoms with van der Waals surface area (Å²) < 4.78 is 1.03. The van der Waals surface area contributed by atoms with Gasteiger partial charge in [0.2, 0.25) is 0 Å². The first-order valence-corrected chi connectivity index (χ1v) is 14.2. The zero-order valence-electron chi connectivity index (χ0n) is 21.7. The zero-order valence-corrected chi connectivity index (χ0v) is 23.9. The van der Waals surface area contributed by atoms with Gasteiger partial charge in [0.25, 0.3) is 0 Å². The molecule has 1 nitrogen and oxygen atoms in total. The van der Waals surface area contributed by atoms with E-state index in [9.17, 15) is 0 Å². The molecule has 0 aromatic heterocycles. The SMILES string of the molecule is CCCCCCCCCCCCC(c1ccc(Cl)cc1Cl)[N+](CC)(CC)Cc1ccccc1.[Cl-]. The number of benzene rings is 2. The fourth-order valence-electron chi connectivity index (χ4n) is 5.27. The zero-order chi connectivity index (χ0) is 23.9. The molecule has 0 saturated carbocycles. The summed E-state index contributed by atoms with van der Waals surface area (Å²) in [7, 11) is 0. The normalized spacial score (nSPS) is 12.4. The number of hydrogen-bond donors (Lipinski definition) is 0. The van der Waals surface area contributed by atoms with Crippen molar-refractivity contribution < 1.29 is 16.9 Å². The van der Waals surface area contributed by atoms with Crippen LogP contribution in [0.2, 0.25) is 10.0 Å². The maximum Gasteiger partial charge on any atom is 0.116 e. The molecule has 0 saturated heterocycles. The van der Waals surface area contributed by atoms with E-state index in [0.29, 0.717) is 6.04 Å². The van der Waals surface area contributed by atoms with Crippen molar-refractivity contribution in [2.75, 3.05) is 13.1 Å². The predicted molar refractivity (Wildman–Crippen MR) is 147 cm³/mol. The average molecular weight is 527 g/mol. The third-order valence-corrected chi connectivity index (χ3v) is 7.98. The van der Waals surface area contributed by atoms with Gasteiger partial charge in [-0.05, 0) is 32.4 Å². The van der Waals surface area contributed by atoms with Crippen molar-refractivity contribution >= 4 is 23.2 Å². The van der Waals surface area contributed by atoms with Crippen molar-refractivity contribution in [3.05, 3.63) is 69.7 Å². The van der Waals surface area contributed by atoms with Gasteiger partial charge in [0, 0.05) is 22.6 Å². The summed E-state index contributed by atoms with van der Waals surface area (Å²) in [5.41, 5.74) is 2.66. The maximum atomic E-state index is 6.79. The minimum Gasteiger partial charge on any atom is -1.00 e. The van der Waals surface area contributed by atoms with Gasteiger partial charge in [0.15, 0.2) is 0 Å². The quantitative estimate of drug-likeness (QED) is 0.149. The van der Waals surface area contributed by atoms with Crippen molar-refractivity contribution in [3.63, 3.8) is 0 Å². The highest BCUT2D eigenvalue weighted by atomic mass is 35.5. The van der Waals surface area contributed by atoms with Crippen molar-refractivity contribution in [1.82, 2.24) is 0 Å². The number of rotatable bonds is 17. The van der Waals surface area contributed by atoms with Gasteiger partial charge in [-0.1, -0.05) is 124 Å². The first-order chi connectivity index (χ1) is 16.1. The Morgan fingerprint density at radius 1 is 0.706 bits per heavy atom. The smallest absolute Gasteiger partial charge is 0.116 e. The van der Waals surface area contributed by atoms with Gasteiger partial charge in [0.1, 0.15) is 12.6 Å². The van der Waals surface area contributed by atoms with Gasteiger partial charge in [-0.3, -0.25) is 0 Å². The molecule has 0 N–H and O–H groups in total. The standard InChI is InChI=1S/C30H46Cl2N.ClH/c1-4-7-8-9-10-11-12-13-14-18-21-30(28-23-22-27(31)24-29(28)32)33(5-2,6-3)25-26-19-16-15-17-20-26;/h15-17,19-20,22-24,30H,4-14,18,21,25H2,1-3H3;1H/q+1;/p-1. The van der Waals surface area contributed by atoms with Crippen LogP contribution in [0.15, 0.2) is 48.5 Å². The van der Waals surface area contributed by atoms with E-state index in [1.165, 1.54) is 81.8 Å². The second-order valence-corrected chi connectivity index (χ2v) is 10.5.